The van der Waals surface area contributed by atoms with Gasteiger partial charge in [0.1, 0.15) is 5.70 Å². The molecule has 3 rings (SSSR count). The zero-order valence-electron chi connectivity index (χ0n) is 15.3. The van der Waals surface area contributed by atoms with Crippen LogP contribution in [0.15, 0.2) is 22.3 Å². The number of aliphatic hydroxyl groups excluding tert-OH is 1. The first kappa shape index (κ1) is 19.4. The van der Waals surface area contributed by atoms with Gasteiger partial charge in [-0.15, -0.1) is 11.8 Å². The van der Waals surface area contributed by atoms with E-state index in [4.69, 9.17) is 5.73 Å². The summed E-state index contributed by atoms with van der Waals surface area (Å²) in [6, 6.07) is -0.00820. The first-order chi connectivity index (χ1) is 12.3. The van der Waals surface area contributed by atoms with Gasteiger partial charge >= 0.3 is 5.97 Å². The van der Waals surface area contributed by atoms with Gasteiger partial charge in [-0.25, -0.2) is 4.79 Å². The molecule has 2 fully saturated rings. The summed E-state index contributed by atoms with van der Waals surface area (Å²) in [6.07, 6.45) is 2.25. The molecule has 0 spiro atoms. The molecule has 0 aromatic heterocycles. The van der Waals surface area contributed by atoms with Crippen LogP contribution in [-0.4, -0.2) is 63.5 Å². The Morgan fingerprint density at radius 1 is 1.54 bits per heavy atom. The molecular weight excluding hydrogens is 354 g/mol. The van der Waals surface area contributed by atoms with Gasteiger partial charge in [-0.1, -0.05) is 18.6 Å². The molecule has 3 aliphatic heterocycles. The third-order valence-corrected chi connectivity index (χ3v) is 7.05. The van der Waals surface area contributed by atoms with Crippen LogP contribution in [0.3, 0.4) is 0 Å². The minimum Gasteiger partial charge on any atom is -0.477 e. The number of nitrogens with one attached hydrogen (secondary N) is 1. The number of nitrogens with two attached hydrogens (primary N) is 1. The Morgan fingerprint density at radius 2 is 2.23 bits per heavy atom. The summed E-state index contributed by atoms with van der Waals surface area (Å²) in [7, 11) is 0. The van der Waals surface area contributed by atoms with Crippen LogP contribution in [0, 0.1) is 11.8 Å². The summed E-state index contributed by atoms with van der Waals surface area (Å²) in [6.45, 7) is 6.86. The number of fused-ring (bicyclic) bond motifs is 1. The smallest absolute Gasteiger partial charge is 0.353 e. The number of carbonyl (C=O) groups excluding carboxylic acids is 1. The number of aliphatic hydroxyl groups is 1. The van der Waals surface area contributed by atoms with Gasteiger partial charge in [-0.2, -0.15) is 0 Å². The fraction of sp³-hybridized carbons (Fsp3) is 0.667. The summed E-state index contributed by atoms with van der Waals surface area (Å²) < 4.78 is 0. The number of hydrogen-bond acceptors (Lipinski definition) is 6. The SMILES string of the molecule is C/C(=C/[C@@H]1C[C@H](SC2=C(C(=O)O)N3C(=O)[C@H]([C@@H](C)O)[C@H]3[C@H]2C)CN1)CN. The zero-order valence-corrected chi connectivity index (χ0v) is 16.1. The van der Waals surface area contributed by atoms with E-state index in [-0.39, 0.29) is 34.9 Å². The predicted molar refractivity (Wildman–Crippen MR) is 100 cm³/mol. The highest BCUT2D eigenvalue weighted by Crippen LogP contribution is 2.51. The lowest BCUT2D eigenvalue weighted by Crippen LogP contribution is -2.63. The van der Waals surface area contributed by atoms with Gasteiger partial charge in [0, 0.05) is 35.2 Å². The van der Waals surface area contributed by atoms with E-state index in [2.05, 4.69) is 11.4 Å². The van der Waals surface area contributed by atoms with E-state index in [1.54, 1.807) is 18.7 Å². The second-order valence-electron chi connectivity index (χ2n) is 7.48. The fourth-order valence-corrected chi connectivity index (χ4v) is 5.71. The number of hydrogen-bond donors (Lipinski definition) is 4. The van der Waals surface area contributed by atoms with Crippen molar-refractivity contribution in [3.63, 3.8) is 0 Å². The molecule has 3 aliphatic rings. The van der Waals surface area contributed by atoms with E-state index >= 15 is 0 Å². The Morgan fingerprint density at radius 3 is 2.81 bits per heavy atom. The Balaban J connectivity index is 1.77. The summed E-state index contributed by atoms with van der Waals surface area (Å²) in [5, 5.41) is 23.3. The number of β-lactam (4-membered cyclic amide) rings is 1. The standard InChI is InChI=1S/C18H27N3O4S/c1-8(6-19)4-11-5-12(7-20-11)26-16-9(2)14-13(10(3)22)17(23)21(14)15(16)18(24)25/h4,9-14,20,22H,5-7,19H2,1-3H3,(H,24,25)/b8-4-/t9-,10-,11-,12+,13-,14-/m1/s1. The van der Waals surface area contributed by atoms with Crippen LogP contribution >= 0.6 is 11.8 Å². The average Bonchev–Trinajstić information content (AvgIpc) is 3.09. The van der Waals surface area contributed by atoms with Crippen LogP contribution in [0.5, 0.6) is 0 Å². The molecule has 6 atom stereocenters. The topological polar surface area (TPSA) is 116 Å². The fourth-order valence-electron chi connectivity index (χ4n) is 4.22. The normalized spacial score (nSPS) is 35.6. The van der Waals surface area contributed by atoms with Crippen molar-refractivity contribution in [2.24, 2.45) is 17.6 Å². The number of carboxylic acids is 1. The van der Waals surface area contributed by atoms with Crippen LogP contribution < -0.4 is 11.1 Å². The Bertz CT molecular complexity index is 675. The molecule has 26 heavy (non-hydrogen) atoms. The van der Waals surface area contributed by atoms with Crippen LogP contribution in [0.2, 0.25) is 0 Å². The van der Waals surface area contributed by atoms with Gasteiger partial charge in [-0.3, -0.25) is 4.79 Å². The van der Waals surface area contributed by atoms with Crippen LogP contribution in [0.25, 0.3) is 0 Å². The lowest BCUT2D eigenvalue weighted by molar-refractivity contribution is -0.163. The molecule has 0 aromatic carbocycles. The van der Waals surface area contributed by atoms with E-state index in [0.717, 1.165) is 23.4 Å². The van der Waals surface area contributed by atoms with Gasteiger partial charge in [0.25, 0.3) is 0 Å². The zero-order chi connectivity index (χ0) is 19.2. The van der Waals surface area contributed by atoms with Crippen molar-refractivity contribution in [1.29, 1.82) is 0 Å². The van der Waals surface area contributed by atoms with Crippen LogP contribution in [0.4, 0.5) is 0 Å². The van der Waals surface area contributed by atoms with E-state index in [0.29, 0.717) is 6.54 Å². The third-order valence-electron chi connectivity index (χ3n) is 5.54. The van der Waals surface area contributed by atoms with Crippen molar-refractivity contribution < 1.29 is 19.8 Å². The summed E-state index contributed by atoms with van der Waals surface area (Å²) >= 11 is 1.56. The quantitative estimate of drug-likeness (QED) is 0.391. The highest BCUT2D eigenvalue weighted by atomic mass is 32.2. The molecule has 7 nitrogen and oxygen atoms in total. The minimum atomic E-state index is -1.07. The Labute approximate surface area is 157 Å². The first-order valence-corrected chi connectivity index (χ1v) is 9.90. The van der Waals surface area contributed by atoms with Gasteiger partial charge in [0.2, 0.25) is 5.91 Å². The van der Waals surface area contributed by atoms with Crippen molar-refractivity contribution in [2.75, 3.05) is 13.1 Å². The Hall–Kier alpha value is -1.35. The third kappa shape index (κ3) is 3.19. The highest BCUT2D eigenvalue weighted by Gasteiger charge is 2.60. The first-order valence-electron chi connectivity index (χ1n) is 9.02. The molecule has 0 aromatic rings. The maximum absolute atomic E-state index is 12.4. The molecule has 0 saturated carbocycles. The predicted octanol–water partition coefficient (Wildman–Crippen LogP) is 0.509. The van der Waals surface area contributed by atoms with Crippen LogP contribution in [-0.2, 0) is 9.59 Å². The number of carbonyl (C=O) groups is 2. The Kier molecular flexibility index (Phi) is 5.48. The van der Waals surface area contributed by atoms with Gasteiger partial charge in [-0.05, 0) is 20.3 Å². The van der Waals surface area contributed by atoms with Crippen molar-refractivity contribution >= 4 is 23.6 Å². The maximum atomic E-state index is 12.4. The molecule has 0 radical (unpaired) electrons. The van der Waals surface area contributed by atoms with E-state index in [1.807, 2.05) is 13.8 Å². The lowest BCUT2D eigenvalue weighted by Gasteiger charge is -2.46. The summed E-state index contributed by atoms with van der Waals surface area (Å²) in [5.41, 5.74) is 6.87. The minimum absolute atomic E-state index is 0.0798. The van der Waals surface area contributed by atoms with Crippen molar-refractivity contribution in [1.82, 2.24) is 10.2 Å². The summed E-state index contributed by atoms with van der Waals surface area (Å²) in [5.74, 6) is -1.94. The molecular formula is C18H27N3O4S. The van der Waals surface area contributed by atoms with Gasteiger partial charge in [0.15, 0.2) is 0 Å². The second kappa shape index (κ2) is 7.34. The number of thioether (sulfide) groups is 1. The molecule has 8 heteroatoms. The van der Waals surface area contributed by atoms with Gasteiger partial charge < -0.3 is 26.2 Å². The molecule has 0 unspecified atom stereocenters. The maximum Gasteiger partial charge on any atom is 0.353 e. The molecule has 3 heterocycles. The molecule has 144 valence electrons. The van der Waals surface area contributed by atoms with E-state index in [9.17, 15) is 19.8 Å². The molecule has 2 saturated heterocycles. The number of carboxylic acid groups (broad SMARTS) is 1. The number of rotatable bonds is 6. The number of amides is 1. The second-order valence-corrected chi connectivity index (χ2v) is 8.82. The van der Waals surface area contributed by atoms with E-state index < -0.39 is 18.0 Å². The monoisotopic (exact) mass is 381 g/mol. The number of aliphatic carboxylic acids is 1. The lowest BCUT2D eigenvalue weighted by atomic mass is 9.79. The largest absolute Gasteiger partial charge is 0.477 e. The van der Waals surface area contributed by atoms with E-state index in [1.165, 1.54) is 4.90 Å². The van der Waals surface area contributed by atoms with Crippen molar-refractivity contribution in [3.8, 4) is 0 Å². The number of nitrogens with zero attached hydrogens (tertiary/aromatic N) is 1. The van der Waals surface area contributed by atoms with Crippen molar-refractivity contribution in [2.45, 2.75) is 50.6 Å². The van der Waals surface area contributed by atoms with Crippen LogP contribution in [0.1, 0.15) is 27.2 Å². The molecule has 0 bridgehead atoms. The average molecular weight is 381 g/mol. The summed E-state index contributed by atoms with van der Waals surface area (Å²) in [4.78, 5) is 26.3. The van der Waals surface area contributed by atoms with Gasteiger partial charge in [0.05, 0.1) is 18.1 Å². The molecule has 5 N–H and O–H groups in total. The molecule has 0 aliphatic carbocycles. The molecule has 1 amide bonds. The highest BCUT2D eigenvalue weighted by molar-refractivity contribution is 8.03. The van der Waals surface area contributed by atoms with Crippen molar-refractivity contribution in [3.05, 3.63) is 22.3 Å².